The second kappa shape index (κ2) is 2.64. The maximum atomic E-state index is 3.31. The van der Waals surface area contributed by atoms with Gasteiger partial charge in [0.1, 0.15) is 0 Å². The van der Waals surface area contributed by atoms with Gasteiger partial charge in [0.15, 0.2) is 0 Å². The van der Waals surface area contributed by atoms with Gasteiger partial charge in [0.2, 0.25) is 0 Å². The number of benzene rings is 1. The van der Waals surface area contributed by atoms with Crippen molar-refractivity contribution in [3.8, 4) is 0 Å². The van der Waals surface area contributed by atoms with Gasteiger partial charge in [-0.15, -0.1) is 0 Å². The first kappa shape index (κ1) is 7.68. The maximum Gasteiger partial charge on any atom is 0.0464 e. The third kappa shape index (κ3) is 0.854. The van der Waals surface area contributed by atoms with E-state index in [1.807, 2.05) is 6.20 Å². The molecule has 0 radical (unpaired) electrons. The third-order valence-electron chi connectivity index (χ3n) is 2.84. The Labute approximate surface area is 81.9 Å². The van der Waals surface area contributed by atoms with Crippen molar-refractivity contribution in [3.05, 3.63) is 36.2 Å². The number of rotatable bonds is 1. The number of hydrogen-bond acceptors (Lipinski definition) is 0. The Bertz CT molecular complexity index is 586. The Morgan fingerprint density at radius 3 is 2.79 bits per heavy atom. The molecule has 0 aliphatic heterocycles. The quantitative estimate of drug-likeness (QED) is 0.582. The number of hydrogen-bond donors (Lipinski definition) is 2. The van der Waals surface area contributed by atoms with E-state index < -0.39 is 0 Å². The van der Waals surface area contributed by atoms with Gasteiger partial charge in [-0.1, -0.05) is 6.92 Å². The first-order valence-corrected chi connectivity index (χ1v) is 4.96. The van der Waals surface area contributed by atoms with E-state index in [1.54, 1.807) is 0 Å². The van der Waals surface area contributed by atoms with Crippen LogP contribution in [-0.2, 0) is 6.42 Å². The number of aromatic nitrogens is 2. The number of aromatic amines is 2. The molecule has 2 heterocycles. The zero-order chi connectivity index (χ0) is 9.54. The third-order valence-corrected chi connectivity index (χ3v) is 2.84. The Hall–Kier alpha value is -1.70. The van der Waals surface area contributed by atoms with Crippen LogP contribution in [0.2, 0.25) is 0 Å². The molecule has 2 heteroatoms. The highest BCUT2D eigenvalue weighted by atomic mass is 14.7. The number of aryl methyl sites for hydroxylation is 1. The van der Waals surface area contributed by atoms with Crippen molar-refractivity contribution in [2.45, 2.75) is 13.3 Å². The van der Waals surface area contributed by atoms with Crippen molar-refractivity contribution >= 4 is 21.8 Å². The minimum atomic E-state index is 1.07. The molecule has 0 unspecified atom stereocenters. The van der Waals surface area contributed by atoms with Crippen LogP contribution in [-0.4, -0.2) is 9.97 Å². The summed E-state index contributed by atoms with van der Waals surface area (Å²) >= 11 is 0. The molecule has 0 atom stereocenters. The number of nitrogens with one attached hydrogen (secondary N) is 2. The molecule has 0 amide bonds. The van der Waals surface area contributed by atoms with Gasteiger partial charge >= 0.3 is 0 Å². The molecular formula is C12H12N2. The van der Waals surface area contributed by atoms with Crippen molar-refractivity contribution in [1.82, 2.24) is 9.97 Å². The van der Waals surface area contributed by atoms with Crippen molar-refractivity contribution in [2.24, 2.45) is 0 Å². The summed E-state index contributed by atoms with van der Waals surface area (Å²) in [6, 6.07) is 6.39. The molecule has 0 saturated carbocycles. The predicted octanol–water partition coefficient (Wildman–Crippen LogP) is 3.21. The van der Waals surface area contributed by atoms with Gasteiger partial charge in [-0.3, -0.25) is 0 Å². The van der Waals surface area contributed by atoms with E-state index in [1.165, 1.54) is 27.4 Å². The topological polar surface area (TPSA) is 31.6 Å². The van der Waals surface area contributed by atoms with Crippen LogP contribution >= 0.6 is 0 Å². The highest BCUT2D eigenvalue weighted by Gasteiger charge is 2.06. The van der Waals surface area contributed by atoms with Gasteiger partial charge in [0.05, 0.1) is 0 Å². The molecule has 0 spiro atoms. The molecule has 0 saturated heterocycles. The van der Waals surface area contributed by atoms with Crippen molar-refractivity contribution < 1.29 is 0 Å². The minimum Gasteiger partial charge on any atom is -0.361 e. The zero-order valence-electron chi connectivity index (χ0n) is 8.09. The van der Waals surface area contributed by atoms with Gasteiger partial charge in [0.25, 0.3) is 0 Å². The molecular weight excluding hydrogens is 172 g/mol. The van der Waals surface area contributed by atoms with E-state index in [4.69, 9.17) is 0 Å². The molecule has 0 aliphatic rings. The van der Waals surface area contributed by atoms with Gasteiger partial charge in [-0.05, 0) is 30.2 Å². The number of H-pyrrole nitrogens is 2. The Kier molecular flexibility index (Phi) is 1.45. The molecule has 2 aromatic heterocycles. The minimum absolute atomic E-state index is 1.07. The highest BCUT2D eigenvalue weighted by molar-refractivity contribution is 6.07. The standard InChI is InChI=1S/C12H12N2/c1-2-8-7-14-11-4-3-10-9(12(8)11)5-6-13-10/h3-7,13-14H,2H2,1H3. The zero-order valence-corrected chi connectivity index (χ0v) is 8.09. The summed E-state index contributed by atoms with van der Waals surface area (Å²) in [5, 5.41) is 2.69. The molecule has 1 aromatic carbocycles. The second-order valence-electron chi connectivity index (χ2n) is 3.59. The fourth-order valence-corrected chi connectivity index (χ4v) is 2.12. The van der Waals surface area contributed by atoms with E-state index in [0.717, 1.165) is 6.42 Å². The summed E-state index contributed by atoms with van der Waals surface area (Å²) in [6.07, 6.45) is 5.18. The summed E-state index contributed by atoms with van der Waals surface area (Å²) in [4.78, 5) is 6.55. The molecule has 70 valence electrons. The lowest BCUT2D eigenvalue weighted by Gasteiger charge is -1.96. The summed E-state index contributed by atoms with van der Waals surface area (Å²) in [6.45, 7) is 2.19. The van der Waals surface area contributed by atoms with E-state index >= 15 is 0 Å². The summed E-state index contributed by atoms with van der Waals surface area (Å²) in [5.41, 5.74) is 3.84. The van der Waals surface area contributed by atoms with Crippen LogP contribution in [0.1, 0.15) is 12.5 Å². The monoisotopic (exact) mass is 184 g/mol. The molecule has 0 fully saturated rings. The first-order chi connectivity index (χ1) is 6.90. The lowest BCUT2D eigenvalue weighted by atomic mass is 10.1. The van der Waals surface area contributed by atoms with E-state index in [0.29, 0.717) is 0 Å². The van der Waals surface area contributed by atoms with Gasteiger partial charge in [-0.25, -0.2) is 0 Å². The van der Waals surface area contributed by atoms with Crippen LogP contribution in [0.25, 0.3) is 21.8 Å². The molecule has 0 bridgehead atoms. The van der Waals surface area contributed by atoms with E-state index in [9.17, 15) is 0 Å². The van der Waals surface area contributed by atoms with Gasteiger partial charge in [-0.2, -0.15) is 0 Å². The lowest BCUT2D eigenvalue weighted by molar-refractivity contribution is 1.16. The normalized spacial score (nSPS) is 11.5. The average molecular weight is 184 g/mol. The molecule has 14 heavy (non-hydrogen) atoms. The van der Waals surface area contributed by atoms with Crippen LogP contribution in [0.4, 0.5) is 0 Å². The number of fused-ring (bicyclic) bond motifs is 3. The van der Waals surface area contributed by atoms with Crippen LogP contribution in [0.5, 0.6) is 0 Å². The Balaban J connectivity index is 2.58. The van der Waals surface area contributed by atoms with E-state index in [-0.39, 0.29) is 0 Å². The molecule has 3 rings (SSSR count). The molecule has 2 N–H and O–H groups in total. The Morgan fingerprint density at radius 1 is 1.07 bits per heavy atom. The summed E-state index contributed by atoms with van der Waals surface area (Å²) in [7, 11) is 0. The highest BCUT2D eigenvalue weighted by Crippen LogP contribution is 2.27. The maximum absolute atomic E-state index is 3.31. The predicted molar refractivity (Wildman–Crippen MR) is 59.5 cm³/mol. The molecule has 0 aliphatic carbocycles. The summed E-state index contributed by atoms with van der Waals surface area (Å²) in [5.74, 6) is 0. The summed E-state index contributed by atoms with van der Waals surface area (Å²) < 4.78 is 0. The molecule has 2 nitrogen and oxygen atoms in total. The first-order valence-electron chi connectivity index (χ1n) is 4.96. The van der Waals surface area contributed by atoms with Crippen LogP contribution < -0.4 is 0 Å². The smallest absolute Gasteiger partial charge is 0.0464 e. The van der Waals surface area contributed by atoms with Crippen molar-refractivity contribution in [3.63, 3.8) is 0 Å². The average Bonchev–Trinajstić information content (AvgIpc) is 2.82. The van der Waals surface area contributed by atoms with Crippen LogP contribution in [0.3, 0.4) is 0 Å². The fourth-order valence-electron chi connectivity index (χ4n) is 2.12. The molecule has 3 aromatic rings. The van der Waals surface area contributed by atoms with Crippen LogP contribution in [0, 0.1) is 0 Å². The van der Waals surface area contributed by atoms with Crippen molar-refractivity contribution in [1.29, 1.82) is 0 Å². The fraction of sp³-hybridized carbons (Fsp3) is 0.167. The van der Waals surface area contributed by atoms with Gasteiger partial charge in [0, 0.05) is 34.2 Å². The van der Waals surface area contributed by atoms with Gasteiger partial charge < -0.3 is 9.97 Å². The van der Waals surface area contributed by atoms with Crippen LogP contribution in [0.15, 0.2) is 30.6 Å². The van der Waals surface area contributed by atoms with Crippen molar-refractivity contribution in [2.75, 3.05) is 0 Å². The lowest BCUT2D eigenvalue weighted by Crippen LogP contribution is -1.76. The SMILES string of the molecule is CCc1c[nH]c2ccc3[nH]ccc3c12. The Morgan fingerprint density at radius 2 is 1.93 bits per heavy atom. The van der Waals surface area contributed by atoms with E-state index in [2.05, 4.69) is 41.3 Å². The largest absolute Gasteiger partial charge is 0.361 e. The second-order valence-corrected chi connectivity index (χ2v) is 3.59.